The number of ether oxygens (including phenoxy) is 1. The van der Waals surface area contributed by atoms with Gasteiger partial charge in [-0.1, -0.05) is 0 Å². The van der Waals surface area contributed by atoms with Gasteiger partial charge in [0.2, 0.25) is 5.28 Å². The van der Waals surface area contributed by atoms with Crippen molar-refractivity contribution in [1.29, 1.82) is 0 Å². The predicted molar refractivity (Wildman–Crippen MR) is 58.1 cm³/mol. The summed E-state index contributed by atoms with van der Waals surface area (Å²) in [4.78, 5) is 0. The van der Waals surface area contributed by atoms with Crippen molar-refractivity contribution in [2.24, 2.45) is 0 Å². The topological polar surface area (TPSA) is 39.9 Å². The Morgan fingerprint density at radius 1 is 1.40 bits per heavy atom. The molecule has 1 aliphatic carbocycles. The third-order valence-electron chi connectivity index (χ3n) is 2.66. The second kappa shape index (κ2) is 4.94. The van der Waals surface area contributed by atoms with Crippen molar-refractivity contribution in [2.75, 3.05) is 13.7 Å². The Morgan fingerprint density at radius 2 is 2.20 bits per heavy atom. The van der Waals surface area contributed by atoms with Crippen LogP contribution in [0.1, 0.15) is 37.4 Å². The molecule has 0 aliphatic heterocycles. The number of nitrogens with zero attached hydrogens (tertiary/aromatic N) is 3. The fourth-order valence-corrected chi connectivity index (χ4v) is 1.87. The molecule has 0 atom stereocenters. The van der Waals surface area contributed by atoms with Crippen LogP contribution >= 0.6 is 11.6 Å². The average molecular weight is 230 g/mol. The maximum absolute atomic E-state index is 5.99. The van der Waals surface area contributed by atoms with Crippen LogP contribution in [0.4, 0.5) is 0 Å². The Labute approximate surface area is 94.6 Å². The summed E-state index contributed by atoms with van der Waals surface area (Å²) >= 11 is 5.99. The van der Waals surface area contributed by atoms with Crippen molar-refractivity contribution in [2.45, 2.75) is 38.1 Å². The molecule has 1 saturated carbocycles. The molecule has 4 nitrogen and oxygen atoms in total. The molecule has 2 rings (SSSR count). The minimum Gasteiger partial charge on any atom is -0.385 e. The summed E-state index contributed by atoms with van der Waals surface area (Å²) in [6.07, 6.45) is 4.57. The van der Waals surface area contributed by atoms with Gasteiger partial charge in [-0.2, -0.15) is 0 Å². The predicted octanol–water partition coefficient (Wildman–Crippen LogP) is 2.24. The molecule has 0 saturated heterocycles. The van der Waals surface area contributed by atoms with E-state index >= 15 is 0 Å². The van der Waals surface area contributed by atoms with Crippen LogP contribution in [0.2, 0.25) is 5.28 Å². The van der Waals surface area contributed by atoms with E-state index in [9.17, 15) is 0 Å². The van der Waals surface area contributed by atoms with Gasteiger partial charge in [-0.15, -0.1) is 10.2 Å². The number of halogens is 1. The van der Waals surface area contributed by atoms with Crippen LogP contribution in [0, 0.1) is 0 Å². The molecule has 1 aromatic rings. The Kier molecular flexibility index (Phi) is 3.59. The number of hydrogen-bond acceptors (Lipinski definition) is 3. The standard InChI is InChI=1S/C10H16ClN3O/c1-15-7-3-2-6-14-9(8-4-5-8)12-13-10(14)11/h8H,2-7H2,1H3. The van der Waals surface area contributed by atoms with Crippen LogP contribution in [0.3, 0.4) is 0 Å². The maximum Gasteiger partial charge on any atom is 0.225 e. The molecule has 1 heterocycles. The summed E-state index contributed by atoms with van der Waals surface area (Å²) in [5, 5.41) is 8.57. The first-order valence-electron chi connectivity index (χ1n) is 5.40. The first-order chi connectivity index (χ1) is 7.33. The molecular formula is C10H16ClN3O. The van der Waals surface area contributed by atoms with E-state index in [1.54, 1.807) is 7.11 Å². The van der Waals surface area contributed by atoms with Gasteiger partial charge in [0.15, 0.2) is 0 Å². The summed E-state index contributed by atoms with van der Waals surface area (Å²) < 4.78 is 7.04. The second-order valence-corrected chi connectivity index (χ2v) is 4.29. The molecule has 15 heavy (non-hydrogen) atoms. The van der Waals surface area contributed by atoms with E-state index in [-0.39, 0.29) is 0 Å². The number of hydrogen-bond donors (Lipinski definition) is 0. The van der Waals surface area contributed by atoms with E-state index in [1.165, 1.54) is 12.8 Å². The van der Waals surface area contributed by atoms with Gasteiger partial charge in [-0.25, -0.2) is 0 Å². The lowest BCUT2D eigenvalue weighted by atomic mass is 10.3. The smallest absolute Gasteiger partial charge is 0.225 e. The number of methoxy groups -OCH3 is 1. The number of unbranched alkanes of at least 4 members (excludes halogenated alkanes) is 1. The molecule has 1 aliphatic rings. The van der Waals surface area contributed by atoms with Gasteiger partial charge in [0.1, 0.15) is 5.82 Å². The molecule has 0 amide bonds. The van der Waals surface area contributed by atoms with Crippen molar-refractivity contribution in [3.05, 3.63) is 11.1 Å². The largest absolute Gasteiger partial charge is 0.385 e. The summed E-state index contributed by atoms with van der Waals surface area (Å²) in [7, 11) is 1.72. The second-order valence-electron chi connectivity index (χ2n) is 3.95. The zero-order chi connectivity index (χ0) is 10.7. The molecule has 0 unspecified atom stereocenters. The van der Waals surface area contributed by atoms with Crippen molar-refractivity contribution in [3.8, 4) is 0 Å². The normalized spacial score (nSPS) is 15.9. The van der Waals surface area contributed by atoms with Gasteiger partial charge in [0.25, 0.3) is 0 Å². The van der Waals surface area contributed by atoms with Crippen LogP contribution in [-0.4, -0.2) is 28.5 Å². The van der Waals surface area contributed by atoms with E-state index in [0.717, 1.165) is 31.8 Å². The van der Waals surface area contributed by atoms with E-state index in [4.69, 9.17) is 16.3 Å². The average Bonchev–Trinajstić information content (AvgIpc) is 3.00. The SMILES string of the molecule is COCCCCn1c(Cl)nnc1C1CC1. The van der Waals surface area contributed by atoms with E-state index in [0.29, 0.717) is 11.2 Å². The zero-order valence-corrected chi connectivity index (χ0v) is 9.70. The molecule has 0 bridgehead atoms. The van der Waals surface area contributed by atoms with Crippen LogP contribution in [0.5, 0.6) is 0 Å². The highest BCUT2D eigenvalue weighted by molar-refractivity contribution is 6.28. The highest BCUT2D eigenvalue weighted by Gasteiger charge is 2.29. The van der Waals surface area contributed by atoms with Crippen LogP contribution in [0.25, 0.3) is 0 Å². The van der Waals surface area contributed by atoms with Crippen LogP contribution < -0.4 is 0 Å². The molecule has 0 N–H and O–H groups in total. The van der Waals surface area contributed by atoms with Gasteiger partial charge < -0.3 is 9.30 Å². The quantitative estimate of drug-likeness (QED) is 0.703. The lowest BCUT2D eigenvalue weighted by molar-refractivity contribution is 0.191. The molecule has 5 heteroatoms. The Bertz CT molecular complexity index is 322. The van der Waals surface area contributed by atoms with Crippen LogP contribution in [0.15, 0.2) is 0 Å². The maximum atomic E-state index is 5.99. The lowest BCUT2D eigenvalue weighted by Gasteiger charge is -2.06. The summed E-state index contributed by atoms with van der Waals surface area (Å²) in [6, 6.07) is 0. The molecule has 1 aromatic heterocycles. The summed E-state index contributed by atoms with van der Waals surface area (Å²) in [6.45, 7) is 1.71. The van der Waals surface area contributed by atoms with Gasteiger partial charge in [0, 0.05) is 26.2 Å². The molecule has 0 aromatic carbocycles. The fourth-order valence-electron chi connectivity index (χ4n) is 1.66. The molecule has 0 radical (unpaired) electrons. The van der Waals surface area contributed by atoms with Crippen LogP contribution in [-0.2, 0) is 11.3 Å². The van der Waals surface area contributed by atoms with Gasteiger partial charge in [0.05, 0.1) is 0 Å². The van der Waals surface area contributed by atoms with E-state index in [1.807, 2.05) is 4.57 Å². The Morgan fingerprint density at radius 3 is 2.87 bits per heavy atom. The first kappa shape index (κ1) is 10.9. The molecule has 0 spiro atoms. The van der Waals surface area contributed by atoms with E-state index in [2.05, 4.69) is 10.2 Å². The highest BCUT2D eigenvalue weighted by atomic mass is 35.5. The molecular weight excluding hydrogens is 214 g/mol. The number of aromatic nitrogens is 3. The van der Waals surface area contributed by atoms with Crippen molar-refractivity contribution >= 4 is 11.6 Å². The fraction of sp³-hybridized carbons (Fsp3) is 0.800. The monoisotopic (exact) mass is 229 g/mol. The Balaban J connectivity index is 1.90. The molecule has 1 fully saturated rings. The van der Waals surface area contributed by atoms with Crippen molar-refractivity contribution in [1.82, 2.24) is 14.8 Å². The highest BCUT2D eigenvalue weighted by Crippen LogP contribution is 2.39. The number of rotatable bonds is 6. The van der Waals surface area contributed by atoms with Gasteiger partial charge >= 0.3 is 0 Å². The Hall–Kier alpha value is -0.610. The summed E-state index contributed by atoms with van der Waals surface area (Å²) in [5.74, 6) is 1.67. The summed E-state index contributed by atoms with van der Waals surface area (Å²) in [5.41, 5.74) is 0. The zero-order valence-electron chi connectivity index (χ0n) is 8.95. The van der Waals surface area contributed by atoms with E-state index < -0.39 is 0 Å². The first-order valence-corrected chi connectivity index (χ1v) is 5.78. The van der Waals surface area contributed by atoms with Crippen molar-refractivity contribution < 1.29 is 4.74 Å². The van der Waals surface area contributed by atoms with Gasteiger partial charge in [-0.3, -0.25) is 0 Å². The van der Waals surface area contributed by atoms with Gasteiger partial charge in [-0.05, 0) is 37.3 Å². The minimum absolute atomic E-state index is 0.523. The lowest BCUT2D eigenvalue weighted by Crippen LogP contribution is -2.04. The molecule has 84 valence electrons. The third kappa shape index (κ3) is 2.69. The minimum atomic E-state index is 0.523. The van der Waals surface area contributed by atoms with Crippen molar-refractivity contribution in [3.63, 3.8) is 0 Å². The third-order valence-corrected chi connectivity index (χ3v) is 2.94.